The number of hydrogen-bond acceptors (Lipinski definition) is 7. The molecule has 2 atom stereocenters. The van der Waals surface area contributed by atoms with Crippen LogP contribution in [0.5, 0.6) is 0 Å². The summed E-state index contributed by atoms with van der Waals surface area (Å²) in [4.78, 5) is 38.6. The Kier molecular flexibility index (Phi) is 7.42. The summed E-state index contributed by atoms with van der Waals surface area (Å²) in [5.41, 5.74) is -0.832. The number of ether oxygens (including phenoxy) is 1. The second kappa shape index (κ2) is 9.03. The monoisotopic (exact) mass is 413 g/mol. The van der Waals surface area contributed by atoms with Crippen molar-refractivity contribution in [1.82, 2.24) is 0 Å². The van der Waals surface area contributed by atoms with Crippen LogP contribution in [0.1, 0.15) is 37.7 Å². The van der Waals surface area contributed by atoms with Gasteiger partial charge in [-0.25, -0.2) is 4.79 Å². The molecule has 2 fully saturated rings. The summed E-state index contributed by atoms with van der Waals surface area (Å²) in [6, 6.07) is 9.33. The van der Waals surface area contributed by atoms with Gasteiger partial charge in [0, 0.05) is 12.3 Å². The summed E-state index contributed by atoms with van der Waals surface area (Å²) in [7, 11) is -1.09. The maximum atomic E-state index is 12.9. The molecule has 158 valence electrons. The predicted molar refractivity (Wildman–Crippen MR) is 96.2 cm³/mol. The number of quaternary nitrogens is 1. The van der Waals surface area contributed by atoms with Crippen LogP contribution in [0.25, 0.3) is 0 Å². The van der Waals surface area contributed by atoms with E-state index in [0.717, 1.165) is 49.7 Å². The topological polar surface area (TPSA) is 133 Å². The summed E-state index contributed by atoms with van der Waals surface area (Å²) in [5, 5.41) is 11.4. The number of nitrogens with zero attached hydrogens (tertiary/aromatic N) is 1. The van der Waals surface area contributed by atoms with Crippen molar-refractivity contribution < 1.29 is 38.4 Å². The first-order valence-corrected chi connectivity index (χ1v) is 10.9. The minimum Gasteiger partial charge on any atom is -0.822 e. The van der Waals surface area contributed by atoms with Gasteiger partial charge in [0.25, 0.3) is 0 Å². The molecule has 1 saturated heterocycles. The molecule has 9 heteroatoms. The van der Waals surface area contributed by atoms with E-state index in [0.29, 0.717) is 5.56 Å². The third-order valence-electron chi connectivity index (χ3n) is 5.50. The standard InChI is InChI=1S/C19H28NO3.H3O4P/c1-20(2)13-12-17(14-20)23-18(21)19(22,16-10-6-7-11-16)15-8-4-3-5-9-15;1-5(2,3)4/h3-5,8-9,16-17,22H,6-7,10-14H2,1-2H3;(H3,1,2,3,4)/q+1;/p-3. The number of benzene rings is 1. The van der Waals surface area contributed by atoms with Crippen molar-refractivity contribution in [3.05, 3.63) is 35.9 Å². The molecule has 0 amide bonds. The SMILES string of the molecule is C[N+]1(C)CCC(OC(=O)C(O)(c2ccccc2)C2CCCC2)C1.O=P([O-])([O-])[O-]. The zero-order chi connectivity index (χ0) is 21.0. The van der Waals surface area contributed by atoms with Gasteiger partial charge in [-0.15, -0.1) is 0 Å². The van der Waals surface area contributed by atoms with Gasteiger partial charge < -0.3 is 33.6 Å². The van der Waals surface area contributed by atoms with Crippen molar-refractivity contribution >= 4 is 13.8 Å². The lowest BCUT2D eigenvalue weighted by Crippen LogP contribution is -2.46. The van der Waals surface area contributed by atoms with E-state index < -0.39 is 19.4 Å². The van der Waals surface area contributed by atoms with Crippen molar-refractivity contribution in [2.75, 3.05) is 27.2 Å². The molecule has 0 radical (unpaired) electrons. The Morgan fingerprint density at radius 1 is 1.14 bits per heavy atom. The highest BCUT2D eigenvalue weighted by Gasteiger charge is 2.49. The lowest BCUT2D eigenvalue weighted by atomic mass is 9.80. The van der Waals surface area contributed by atoms with Crippen LogP contribution in [0.4, 0.5) is 0 Å². The maximum absolute atomic E-state index is 12.9. The van der Waals surface area contributed by atoms with Gasteiger partial charge in [-0.05, 0) is 18.4 Å². The molecule has 1 aliphatic carbocycles. The van der Waals surface area contributed by atoms with Crippen molar-refractivity contribution in [2.24, 2.45) is 5.92 Å². The van der Waals surface area contributed by atoms with Gasteiger partial charge in [0.05, 0.1) is 20.6 Å². The number of carbonyl (C=O) groups excluding carboxylic acids is 1. The van der Waals surface area contributed by atoms with E-state index in [9.17, 15) is 9.90 Å². The van der Waals surface area contributed by atoms with Gasteiger partial charge in [-0.1, -0.05) is 43.2 Å². The van der Waals surface area contributed by atoms with Crippen LogP contribution in [-0.2, 0) is 19.7 Å². The van der Waals surface area contributed by atoms with Crippen molar-refractivity contribution in [3.63, 3.8) is 0 Å². The van der Waals surface area contributed by atoms with Crippen LogP contribution < -0.4 is 14.7 Å². The molecule has 1 aromatic rings. The summed E-state index contributed by atoms with van der Waals surface area (Å²) in [6.45, 7) is 1.83. The lowest BCUT2D eigenvalue weighted by Gasteiger charge is -2.36. The zero-order valence-corrected chi connectivity index (χ0v) is 17.2. The number of aliphatic hydroxyl groups is 1. The first-order valence-electron chi connectivity index (χ1n) is 9.46. The highest BCUT2D eigenvalue weighted by Crippen LogP contribution is 2.42. The van der Waals surface area contributed by atoms with Gasteiger partial charge >= 0.3 is 5.97 Å². The average molecular weight is 413 g/mol. The predicted octanol–water partition coefficient (Wildman–Crippen LogP) is -0.368. The summed E-state index contributed by atoms with van der Waals surface area (Å²) in [6.07, 6.45) is 4.68. The fourth-order valence-electron chi connectivity index (χ4n) is 4.12. The van der Waals surface area contributed by atoms with Crippen LogP contribution in [0.15, 0.2) is 30.3 Å². The maximum Gasteiger partial charge on any atom is 0.343 e. The average Bonchev–Trinajstić information content (AvgIpc) is 3.23. The molecule has 8 nitrogen and oxygen atoms in total. The molecule has 2 aliphatic rings. The smallest absolute Gasteiger partial charge is 0.343 e. The first-order chi connectivity index (χ1) is 12.9. The quantitative estimate of drug-likeness (QED) is 0.405. The first kappa shape index (κ1) is 23.0. The third kappa shape index (κ3) is 6.37. The van der Waals surface area contributed by atoms with Gasteiger partial charge in [0.2, 0.25) is 0 Å². The van der Waals surface area contributed by atoms with Crippen LogP contribution in [0, 0.1) is 5.92 Å². The molecule has 0 aromatic heterocycles. The van der Waals surface area contributed by atoms with E-state index in [1.807, 2.05) is 30.3 Å². The van der Waals surface area contributed by atoms with Crippen molar-refractivity contribution in [2.45, 2.75) is 43.8 Å². The Hall–Kier alpha value is -1.28. The molecule has 1 N–H and O–H groups in total. The highest BCUT2D eigenvalue weighted by molar-refractivity contribution is 7.40. The molecule has 0 bridgehead atoms. The van der Waals surface area contributed by atoms with E-state index in [1.165, 1.54) is 0 Å². The molecular weight excluding hydrogens is 385 g/mol. The van der Waals surface area contributed by atoms with Gasteiger partial charge in [-0.2, -0.15) is 7.82 Å². The number of likely N-dealkylation sites (tertiary alicyclic amines) is 1. The Morgan fingerprint density at radius 2 is 1.68 bits per heavy atom. The number of phosphoric acid groups is 1. The molecular formula is C19H28NO7P-2. The summed E-state index contributed by atoms with van der Waals surface area (Å²) < 4.78 is 15.2. The highest BCUT2D eigenvalue weighted by atomic mass is 31.2. The number of hydrogen-bond donors (Lipinski definition) is 1. The van der Waals surface area contributed by atoms with Crippen LogP contribution in [0.2, 0.25) is 0 Å². The van der Waals surface area contributed by atoms with Gasteiger partial charge in [0.15, 0.2) is 11.7 Å². The molecule has 28 heavy (non-hydrogen) atoms. The lowest BCUT2D eigenvalue weighted by molar-refractivity contribution is -0.879. The fourth-order valence-corrected chi connectivity index (χ4v) is 4.12. The van der Waals surface area contributed by atoms with E-state index in [1.54, 1.807) is 0 Å². The molecule has 1 heterocycles. The Labute approximate surface area is 165 Å². The van der Waals surface area contributed by atoms with Gasteiger partial charge in [-0.3, -0.25) is 0 Å². The summed E-state index contributed by atoms with van der Waals surface area (Å²) in [5.74, 6) is -0.496. The molecule has 1 aliphatic heterocycles. The van der Waals surface area contributed by atoms with Crippen LogP contribution >= 0.6 is 7.82 Å². The number of likely N-dealkylation sites (N-methyl/N-ethyl adjacent to an activating group) is 1. The normalized spacial score (nSPS) is 24.1. The Bertz CT molecular complexity index is 691. The Morgan fingerprint density at radius 3 is 2.14 bits per heavy atom. The second-order valence-corrected chi connectivity index (χ2v) is 9.11. The minimum absolute atomic E-state index is 0.0405. The van der Waals surface area contributed by atoms with E-state index in [4.69, 9.17) is 24.0 Å². The molecule has 3 rings (SSSR count). The minimum atomic E-state index is -5.39. The summed E-state index contributed by atoms with van der Waals surface area (Å²) >= 11 is 0. The Balaban J connectivity index is 0.000000500. The van der Waals surface area contributed by atoms with Crippen LogP contribution in [-0.4, -0.2) is 48.8 Å². The number of esters is 1. The van der Waals surface area contributed by atoms with Crippen LogP contribution in [0.3, 0.4) is 0 Å². The molecule has 1 saturated carbocycles. The number of rotatable bonds is 4. The van der Waals surface area contributed by atoms with Crippen molar-refractivity contribution in [3.8, 4) is 0 Å². The van der Waals surface area contributed by atoms with Crippen molar-refractivity contribution in [1.29, 1.82) is 0 Å². The number of carbonyl (C=O) groups is 1. The van der Waals surface area contributed by atoms with Gasteiger partial charge in [0.1, 0.15) is 6.54 Å². The van der Waals surface area contributed by atoms with E-state index in [2.05, 4.69) is 14.1 Å². The molecule has 2 unspecified atom stereocenters. The van der Waals surface area contributed by atoms with E-state index in [-0.39, 0.29) is 12.0 Å². The second-order valence-electron chi connectivity index (χ2n) is 8.22. The van der Waals surface area contributed by atoms with E-state index >= 15 is 0 Å². The molecule has 0 spiro atoms. The zero-order valence-electron chi connectivity index (χ0n) is 16.3. The fraction of sp³-hybridized carbons (Fsp3) is 0.632. The third-order valence-corrected chi connectivity index (χ3v) is 5.50. The largest absolute Gasteiger partial charge is 0.822 e. The molecule has 1 aromatic carbocycles.